The first-order chi connectivity index (χ1) is 10.0. The first-order valence-electron chi connectivity index (χ1n) is 6.49. The lowest BCUT2D eigenvalue weighted by Crippen LogP contribution is -2.27. The monoisotopic (exact) mass is 286 g/mol. The predicted molar refractivity (Wildman–Crippen MR) is 81.3 cm³/mol. The highest BCUT2D eigenvalue weighted by Gasteiger charge is 2.20. The number of phenolic OH excluding ortho intramolecular Hbond substituents is 1. The summed E-state index contributed by atoms with van der Waals surface area (Å²) in [6.45, 7) is 0.281. The highest BCUT2D eigenvalue weighted by Crippen LogP contribution is 2.26. The number of amides is 1. The summed E-state index contributed by atoms with van der Waals surface area (Å²) in [7, 11) is 3.15. The Morgan fingerprint density at radius 3 is 2.62 bits per heavy atom. The van der Waals surface area contributed by atoms with Crippen molar-refractivity contribution in [2.45, 2.75) is 6.54 Å². The zero-order valence-electron chi connectivity index (χ0n) is 12.0. The van der Waals surface area contributed by atoms with Gasteiger partial charge in [0.1, 0.15) is 17.1 Å². The fraction of sp³-hybridized carbons (Fsp3) is 0.188. The van der Waals surface area contributed by atoms with E-state index in [4.69, 9.17) is 10.5 Å². The second-order valence-electron chi connectivity index (χ2n) is 4.71. The van der Waals surface area contributed by atoms with E-state index in [-0.39, 0.29) is 18.2 Å². The third kappa shape index (κ3) is 3.08. The Morgan fingerprint density at radius 1 is 1.24 bits per heavy atom. The van der Waals surface area contributed by atoms with Crippen LogP contribution in [0.4, 0.5) is 5.69 Å². The fourth-order valence-corrected chi connectivity index (χ4v) is 2.11. The summed E-state index contributed by atoms with van der Waals surface area (Å²) in [4.78, 5) is 14.0. The molecule has 0 aromatic heterocycles. The van der Waals surface area contributed by atoms with Gasteiger partial charge in [-0.1, -0.05) is 24.3 Å². The van der Waals surface area contributed by atoms with E-state index in [1.54, 1.807) is 43.4 Å². The molecule has 0 saturated carbocycles. The number of methoxy groups -OCH3 is 1. The maximum Gasteiger partial charge on any atom is 0.259 e. The van der Waals surface area contributed by atoms with E-state index in [1.807, 2.05) is 6.07 Å². The smallest absolute Gasteiger partial charge is 0.259 e. The van der Waals surface area contributed by atoms with Crippen LogP contribution in [0.1, 0.15) is 15.9 Å². The molecule has 0 unspecified atom stereocenters. The molecule has 2 aromatic carbocycles. The molecule has 0 fully saturated rings. The summed E-state index contributed by atoms with van der Waals surface area (Å²) in [5.74, 6) is 0.336. The van der Waals surface area contributed by atoms with Gasteiger partial charge in [-0.25, -0.2) is 0 Å². The number of anilines is 1. The molecule has 5 nitrogen and oxygen atoms in total. The number of para-hydroxylation sites is 1. The van der Waals surface area contributed by atoms with Gasteiger partial charge in [-0.05, 0) is 18.2 Å². The van der Waals surface area contributed by atoms with Crippen LogP contribution in [0.2, 0.25) is 0 Å². The largest absolute Gasteiger partial charge is 0.508 e. The fourth-order valence-electron chi connectivity index (χ4n) is 2.11. The van der Waals surface area contributed by atoms with Crippen molar-refractivity contribution in [3.8, 4) is 11.5 Å². The van der Waals surface area contributed by atoms with Gasteiger partial charge < -0.3 is 20.5 Å². The molecule has 21 heavy (non-hydrogen) atoms. The van der Waals surface area contributed by atoms with Crippen LogP contribution in [0, 0.1) is 0 Å². The lowest BCUT2D eigenvalue weighted by molar-refractivity contribution is 0.0782. The summed E-state index contributed by atoms with van der Waals surface area (Å²) < 4.78 is 5.19. The number of carbonyl (C=O) groups excluding carboxylic acids is 1. The summed E-state index contributed by atoms with van der Waals surface area (Å²) >= 11 is 0. The molecular weight excluding hydrogens is 268 g/mol. The highest BCUT2D eigenvalue weighted by atomic mass is 16.5. The van der Waals surface area contributed by atoms with Crippen molar-refractivity contribution < 1.29 is 14.6 Å². The highest BCUT2D eigenvalue weighted by molar-refractivity contribution is 6.01. The van der Waals surface area contributed by atoms with Crippen LogP contribution >= 0.6 is 0 Å². The minimum absolute atomic E-state index is 0.158. The molecule has 0 spiro atoms. The second kappa shape index (κ2) is 6.17. The van der Waals surface area contributed by atoms with E-state index in [1.165, 1.54) is 12.0 Å². The molecule has 0 aliphatic rings. The summed E-state index contributed by atoms with van der Waals surface area (Å²) in [6.07, 6.45) is 0. The third-order valence-corrected chi connectivity index (χ3v) is 3.24. The molecule has 3 N–H and O–H groups in total. The van der Waals surface area contributed by atoms with Gasteiger partial charge >= 0.3 is 0 Å². The van der Waals surface area contributed by atoms with Gasteiger partial charge in [0.25, 0.3) is 5.91 Å². The van der Waals surface area contributed by atoms with Crippen molar-refractivity contribution in [1.82, 2.24) is 4.90 Å². The van der Waals surface area contributed by atoms with Gasteiger partial charge in [0.15, 0.2) is 0 Å². The van der Waals surface area contributed by atoms with E-state index < -0.39 is 0 Å². The number of nitrogens with two attached hydrogens (primary N) is 1. The normalized spacial score (nSPS) is 10.2. The SMILES string of the molecule is COc1cccc(N)c1C(=O)N(C)Cc1ccccc1O. The molecule has 0 radical (unpaired) electrons. The number of benzene rings is 2. The number of aromatic hydroxyl groups is 1. The maximum atomic E-state index is 12.5. The van der Waals surface area contributed by atoms with Crippen LogP contribution in [-0.4, -0.2) is 30.1 Å². The summed E-state index contributed by atoms with van der Waals surface area (Å²) in [5.41, 5.74) is 7.25. The Labute approximate surface area is 123 Å². The van der Waals surface area contributed by atoms with Crippen LogP contribution in [0.5, 0.6) is 11.5 Å². The Bertz CT molecular complexity index is 656. The lowest BCUT2D eigenvalue weighted by Gasteiger charge is -2.20. The zero-order chi connectivity index (χ0) is 15.4. The van der Waals surface area contributed by atoms with Crippen molar-refractivity contribution in [2.75, 3.05) is 19.9 Å². The van der Waals surface area contributed by atoms with Crippen molar-refractivity contribution >= 4 is 11.6 Å². The number of ether oxygens (including phenoxy) is 1. The van der Waals surface area contributed by atoms with Crippen LogP contribution in [-0.2, 0) is 6.54 Å². The molecule has 0 saturated heterocycles. The van der Waals surface area contributed by atoms with E-state index >= 15 is 0 Å². The molecular formula is C16H18N2O3. The van der Waals surface area contributed by atoms with Crippen molar-refractivity contribution in [3.63, 3.8) is 0 Å². The Hall–Kier alpha value is -2.69. The van der Waals surface area contributed by atoms with E-state index in [9.17, 15) is 9.90 Å². The summed E-state index contributed by atoms with van der Waals surface area (Å²) in [6, 6.07) is 12.0. The molecule has 0 aliphatic carbocycles. The van der Waals surface area contributed by atoms with Gasteiger partial charge in [0, 0.05) is 24.8 Å². The zero-order valence-corrected chi connectivity index (χ0v) is 12.0. The Kier molecular flexibility index (Phi) is 4.33. The van der Waals surface area contributed by atoms with Gasteiger partial charge in [-0.3, -0.25) is 4.79 Å². The van der Waals surface area contributed by atoms with Crippen LogP contribution in [0.15, 0.2) is 42.5 Å². The number of phenols is 1. The number of nitrogens with zero attached hydrogens (tertiary/aromatic N) is 1. The average Bonchev–Trinajstić information content (AvgIpc) is 2.48. The van der Waals surface area contributed by atoms with Gasteiger partial charge in [0.05, 0.1) is 7.11 Å². The minimum Gasteiger partial charge on any atom is -0.508 e. The van der Waals surface area contributed by atoms with Crippen molar-refractivity contribution in [1.29, 1.82) is 0 Å². The number of nitrogen functional groups attached to an aromatic ring is 1. The lowest BCUT2D eigenvalue weighted by atomic mass is 10.1. The Morgan fingerprint density at radius 2 is 1.95 bits per heavy atom. The van der Waals surface area contributed by atoms with Crippen LogP contribution in [0.3, 0.4) is 0 Å². The van der Waals surface area contributed by atoms with Crippen LogP contribution < -0.4 is 10.5 Å². The average molecular weight is 286 g/mol. The topological polar surface area (TPSA) is 75.8 Å². The first kappa shape index (κ1) is 14.7. The maximum absolute atomic E-state index is 12.5. The third-order valence-electron chi connectivity index (χ3n) is 3.24. The van der Waals surface area contributed by atoms with Crippen molar-refractivity contribution in [2.24, 2.45) is 0 Å². The van der Waals surface area contributed by atoms with E-state index in [0.29, 0.717) is 22.6 Å². The quantitative estimate of drug-likeness (QED) is 0.845. The van der Waals surface area contributed by atoms with Gasteiger partial charge in [-0.2, -0.15) is 0 Å². The second-order valence-corrected chi connectivity index (χ2v) is 4.71. The number of hydrogen-bond donors (Lipinski definition) is 2. The van der Waals surface area contributed by atoms with Crippen molar-refractivity contribution in [3.05, 3.63) is 53.6 Å². The van der Waals surface area contributed by atoms with Gasteiger partial charge in [-0.15, -0.1) is 0 Å². The van der Waals surface area contributed by atoms with Gasteiger partial charge in [0.2, 0.25) is 0 Å². The molecule has 0 atom stereocenters. The molecule has 1 amide bonds. The number of carbonyl (C=O) groups is 1. The number of hydrogen-bond acceptors (Lipinski definition) is 4. The molecule has 2 aromatic rings. The molecule has 5 heteroatoms. The first-order valence-corrected chi connectivity index (χ1v) is 6.49. The molecule has 110 valence electrons. The molecule has 0 heterocycles. The predicted octanol–water partition coefficient (Wildman–Crippen LogP) is 2.26. The number of rotatable bonds is 4. The Balaban J connectivity index is 2.26. The van der Waals surface area contributed by atoms with E-state index in [0.717, 1.165) is 0 Å². The molecule has 2 rings (SSSR count). The van der Waals surface area contributed by atoms with E-state index in [2.05, 4.69) is 0 Å². The summed E-state index contributed by atoms with van der Waals surface area (Å²) in [5, 5.41) is 9.78. The molecule has 0 aliphatic heterocycles. The minimum atomic E-state index is -0.256. The molecule has 0 bridgehead atoms. The standard InChI is InChI=1S/C16H18N2O3/c1-18(10-11-6-3-4-8-13(11)19)16(20)15-12(17)7-5-9-14(15)21-2/h3-9,19H,10,17H2,1-2H3. The van der Waals surface area contributed by atoms with Crippen LogP contribution in [0.25, 0.3) is 0 Å².